The molecule has 106 valence electrons. The summed E-state index contributed by atoms with van der Waals surface area (Å²) in [4.78, 5) is 9.00. The van der Waals surface area contributed by atoms with Crippen LogP contribution in [0.3, 0.4) is 0 Å². The molecule has 0 aliphatic carbocycles. The van der Waals surface area contributed by atoms with E-state index < -0.39 is 0 Å². The second-order valence-electron chi connectivity index (χ2n) is 4.47. The molecule has 0 aliphatic rings. The van der Waals surface area contributed by atoms with Crippen LogP contribution in [0.1, 0.15) is 26.1 Å². The van der Waals surface area contributed by atoms with Crippen molar-refractivity contribution in [1.29, 1.82) is 0 Å². The Labute approximate surface area is 133 Å². The summed E-state index contributed by atoms with van der Waals surface area (Å²) in [6.07, 6.45) is 1.90. The van der Waals surface area contributed by atoms with Gasteiger partial charge in [-0.1, -0.05) is 13.8 Å². The van der Waals surface area contributed by atoms with Gasteiger partial charge in [-0.25, -0.2) is 9.97 Å². The van der Waals surface area contributed by atoms with E-state index in [0.29, 0.717) is 0 Å². The molecule has 1 aromatic heterocycles. The third kappa shape index (κ3) is 4.33. The number of halogens is 1. The second-order valence-corrected chi connectivity index (χ2v) is 5.71. The number of aromatic nitrogens is 2. The first-order chi connectivity index (χ1) is 9.71. The van der Waals surface area contributed by atoms with Crippen LogP contribution in [0.4, 0.5) is 17.3 Å². The van der Waals surface area contributed by atoms with Crippen molar-refractivity contribution in [3.05, 3.63) is 39.7 Å². The van der Waals surface area contributed by atoms with Gasteiger partial charge in [-0.05, 0) is 53.3 Å². The zero-order chi connectivity index (χ0) is 14.4. The summed E-state index contributed by atoms with van der Waals surface area (Å²) in [6, 6.07) is 10.2. The zero-order valence-corrected chi connectivity index (χ0v) is 13.9. The van der Waals surface area contributed by atoms with Gasteiger partial charge in [0.2, 0.25) is 0 Å². The van der Waals surface area contributed by atoms with E-state index in [1.165, 1.54) is 3.57 Å². The van der Waals surface area contributed by atoms with E-state index in [2.05, 4.69) is 81.3 Å². The highest BCUT2D eigenvalue weighted by Gasteiger charge is 2.03. The summed E-state index contributed by atoms with van der Waals surface area (Å²) >= 11 is 2.30. The quantitative estimate of drug-likeness (QED) is 0.735. The monoisotopic (exact) mass is 382 g/mol. The lowest BCUT2D eigenvalue weighted by atomic mass is 10.3. The molecular weight excluding hydrogens is 363 g/mol. The fourth-order valence-electron chi connectivity index (χ4n) is 1.74. The molecular formula is C15H19IN4. The zero-order valence-electron chi connectivity index (χ0n) is 11.8. The van der Waals surface area contributed by atoms with E-state index in [4.69, 9.17) is 0 Å². The van der Waals surface area contributed by atoms with Gasteiger partial charge in [0.05, 0.1) is 0 Å². The van der Waals surface area contributed by atoms with E-state index in [0.717, 1.165) is 42.5 Å². The summed E-state index contributed by atoms with van der Waals surface area (Å²) in [5.41, 5.74) is 1.03. The van der Waals surface area contributed by atoms with Crippen LogP contribution in [0.25, 0.3) is 0 Å². The van der Waals surface area contributed by atoms with E-state index >= 15 is 0 Å². The van der Waals surface area contributed by atoms with Gasteiger partial charge in [-0.2, -0.15) is 0 Å². The Hall–Kier alpha value is -1.37. The normalized spacial score (nSPS) is 10.3. The maximum absolute atomic E-state index is 4.51. The fraction of sp³-hybridized carbons (Fsp3) is 0.333. The van der Waals surface area contributed by atoms with Crippen LogP contribution < -0.4 is 10.6 Å². The van der Waals surface area contributed by atoms with Gasteiger partial charge in [0.25, 0.3) is 0 Å². The van der Waals surface area contributed by atoms with Crippen LogP contribution in [0.2, 0.25) is 0 Å². The van der Waals surface area contributed by atoms with Gasteiger partial charge >= 0.3 is 0 Å². The van der Waals surface area contributed by atoms with Crippen LogP contribution in [0, 0.1) is 3.57 Å². The molecule has 0 atom stereocenters. The minimum atomic E-state index is 0.822. The minimum absolute atomic E-state index is 0.822. The van der Waals surface area contributed by atoms with Gasteiger partial charge in [-0.3, -0.25) is 0 Å². The second kappa shape index (κ2) is 7.42. The summed E-state index contributed by atoms with van der Waals surface area (Å²) in [5.74, 6) is 2.56. The molecule has 0 saturated heterocycles. The molecule has 0 unspecified atom stereocenters. The van der Waals surface area contributed by atoms with Gasteiger partial charge in [-0.15, -0.1) is 0 Å². The number of hydrogen-bond donors (Lipinski definition) is 2. The number of nitrogens with one attached hydrogen (secondary N) is 2. The Morgan fingerprint density at radius 1 is 1.05 bits per heavy atom. The van der Waals surface area contributed by atoms with Crippen molar-refractivity contribution in [2.45, 2.75) is 26.7 Å². The van der Waals surface area contributed by atoms with E-state index in [1.807, 2.05) is 6.07 Å². The molecule has 2 rings (SSSR count). The maximum atomic E-state index is 4.51. The third-order valence-electron chi connectivity index (χ3n) is 2.76. The van der Waals surface area contributed by atoms with Crippen molar-refractivity contribution < 1.29 is 0 Å². The fourth-order valence-corrected chi connectivity index (χ4v) is 2.10. The Balaban J connectivity index is 2.19. The highest BCUT2D eigenvalue weighted by Crippen LogP contribution is 2.18. The molecule has 5 heteroatoms. The van der Waals surface area contributed by atoms with Crippen LogP contribution >= 0.6 is 22.6 Å². The molecule has 1 heterocycles. The molecule has 0 bridgehead atoms. The first kappa shape index (κ1) is 15.0. The predicted molar refractivity (Wildman–Crippen MR) is 92.6 cm³/mol. The molecule has 4 nitrogen and oxygen atoms in total. The minimum Gasteiger partial charge on any atom is -0.370 e. The average Bonchev–Trinajstić information content (AvgIpc) is 2.47. The van der Waals surface area contributed by atoms with Crippen molar-refractivity contribution in [2.75, 3.05) is 17.2 Å². The van der Waals surface area contributed by atoms with Crippen molar-refractivity contribution in [3.8, 4) is 0 Å². The number of nitrogens with zero attached hydrogens (tertiary/aromatic N) is 2. The third-order valence-corrected chi connectivity index (χ3v) is 3.48. The summed E-state index contributed by atoms with van der Waals surface area (Å²) in [5, 5.41) is 6.64. The van der Waals surface area contributed by atoms with Crippen molar-refractivity contribution >= 4 is 39.9 Å². The van der Waals surface area contributed by atoms with Gasteiger partial charge in [0.15, 0.2) is 0 Å². The first-order valence-electron chi connectivity index (χ1n) is 6.85. The van der Waals surface area contributed by atoms with Gasteiger partial charge in [0, 0.05) is 28.3 Å². The smallest absolute Gasteiger partial charge is 0.136 e. The Morgan fingerprint density at radius 3 is 2.40 bits per heavy atom. The molecule has 2 N–H and O–H groups in total. The predicted octanol–water partition coefficient (Wildman–Crippen LogP) is 4.21. The van der Waals surface area contributed by atoms with E-state index in [1.54, 1.807) is 0 Å². The summed E-state index contributed by atoms with van der Waals surface area (Å²) < 4.78 is 1.22. The number of benzene rings is 1. The maximum Gasteiger partial charge on any atom is 0.136 e. The largest absolute Gasteiger partial charge is 0.370 e. The van der Waals surface area contributed by atoms with Crippen molar-refractivity contribution in [2.24, 2.45) is 0 Å². The van der Waals surface area contributed by atoms with Crippen LogP contribution in [-0.2, 0) is 6.42 Å². The molecule has 0 amide bonds. The Morgan fingerprint density at radius 2 is 1.75 bits per heavy atom. The van der Waals surface area contributed by atoms with Gasteiger partial charge < -0.3 is 10.6 Å². The molecule has 0 fully saturated rings. The van der Waals surface area contributed by atoms with Crippen LogP contribution in [0.15, 0.2) is 30.3 Å². The highest BCUT2D eigenvalue weighted by atomic mass is 127. The Kier molecular flexibility index (Phi) is 5.58. The lowest BCUT2D eigenvalue weighted by Gasteiger charge is -2.10. The number of anilines is 3. The lowest BCUT2D eigenvalue weighted by Crippen LogP contribution is -2.06. The van der Waals surface area contributed by atoms with E-state index in [-0.39, 0.29) is 0 Å². The van der Waals surface area contributed by atoms with Crippen molar-refractivity contribution in [3.63, 3.8) is 0 Å². The number of rotatable bonds is 6. The molecule has 0 spiro atoms. The summed E-state index contributed by atoms with van der Waals surface area (Å²) in [7, 11) is 0. The Bertz CT molecular complexity index is 554. The molecule has 1 aromatic carbocycles. The highest BCUT2D eigenvalue weighted by molar-refractivity contribution is 14.1. The SMILES string of the molecule is CCCNc1cc(Nc2ccc(I)cc2)nc(CC)n1. The number of aryl methyl sites for hydroxylation is 1. The van der Waals surface area contributed by atoms with Crippen molar-refractivity contribution in [1.82, 2.24) is 9.97 Å². The topological polar surface area (TPSA) is 49.8 Å². The lowest BCUT2D eigenvalue weighted by molar-refractivity contribution is 0.919. The average molecular weight is 382 g/mol. The van der Waals surface area contributed by atoms with Gasteiger partial charge in [0.1, 0.15) is 17.5 Å². The molecule has 2 aromatic rings. The first-order valence-corrected chi connectivity index (χ1v) is 7.93. The van der Waals surface area contributed by atoms with Crippen LogP contribution in [-0.4, -0.2) is 16.5 Å². The standard InChI is InChI=1S/C15H19IN4/c1-3-9-17-14-10-15(20-13(4-2)19-14)18-12-7-5-11(16)6-8-12/h5-8,10H,3-4,9H2,1-2H3,(H2,17,18,19,20). The molecule has 0 saturated carbocycles. The molecule has 0 aliphatic heterocycles. The number of hydrogen-bond acceptors (Lipinski definition) is 4. The molecule has 20 heavy (non-hydrogen) atoms. The van der Waals surface area contributed by atoms with Crippen LogP contribution in [0.5, 0.6) is 0 Å². The summed E-state index contributed by atoms with van der Waals surface area (Å²) in [6.45, 7) is 5.12. The molecule has 0 radical (unpaired) electrons. The van der Waals surface area contributed by atoms with E-state index in [9.17, 15) is 0 Å².